The van der Waals surface area contributed by atoms with Crippen LogP contribution in [-0.4, -0.2) is 26.2 Å². The highest BCUT2D eigenvalue weighted by Gasteiger charge is 2.14. The lowest BCUT2D eigenvalue weighted by Gasteiger charge is -2.15. The van der Waals surface area contributed by atoms with Crippen LogP contribution in [0.4, 0.5) is 0 Å². The van der Waals surface area contributed by atoms with E-state index in [1.807, 2.05) is 30.5 Å². The Bertz CT molecular complexity index is 664. The van der Waals surface area contributed by atoms with Crippen LogP contribution < -0.4 is 0 Å². The zero-order valence-electron chi connectivity index (χ0n) is 11.6. The monoisotopic (exact) mass is 299 g/mol. The molecule has 0 amide bonds. The lowest BCUT2D eigenvalue weighted by molar-refractivity contribution is 0.211. The van der Waals surface area contributed by atoms with Crippen LogP contribution in [0.5, 0.6) is 0 Å². The third kappa shape index (κ3) is 3.37. The summed E-state index contributed by atoms with van der Waals surface area (Å²) < 4.78 is 2.07. The van der Waals surface area contributed by atoms with Crippen molar-refractivity contribution in [3.63, 3.8) is 0 Å². The third-order valence-corrected chi connectivity index (χ3v) is 4.29. The molecule has 0 saturated heterocycles. The lowest BCUT2D eigenvalue weighted by atomic mass is 10.1. The molecule has 5 heteroatoms. The zero-order chi connectivity index (χ0) is 14.5. The van der Waals surface area contributed by atoms with Crippen molar-refractivity contribution in [1.82, 2.24) is 14.5 Å². The fraction of sp³-hybridized carbons (Fsp3) is 0.250. The Morgan fingerprint density at radius 3 is 2.81 bits per heavy atom. The van der Waals surface area contributed by atoms with Crippen LogP contribution in [0.2, 0.25) is 0 Å². The Kier molecular flexibility index (Phi) is 4.43. The number of imidazole rings is 1. The standard InChI is InChI=1S/C16H17N3OS/c20-12-13(10-14-4-3-9-21-14)11-19-8-7-18-16(19)15-5-1-2-6-17-15/h1-9,13,20H,10-12H2/t13-/m0/s1. The van der Waals surface area contributed by atoms with Gasteiger partial charge in [0.15, 0.2) is 5.82 Å². The minimum absolute atomic E-state index is 0.164. The van der Waals surface area contributed by atoms with E-state index in [9.17, 15) is 5.11 Å². The van der Waals surface area contributed by atoms with Gasteiger partial charge in [0.05, 0.1) is 0 Å². The molecule has 1 N–H and O–H groups in total. The van der Waals surface area contributed by atoms with Crippen LogP contribution in [0, 0.1) is 5.92 Å². The first-order valence-electron chi connectivity index (χ1n) is 6.92. The minimum atomic E-state index is 0.164. The first kappa shape index (κ1) is 14.0. The summed E-state index contributed by atoms with van der Waals surface area (Å²) >= 11 is 1.73. The summed E-state index contributed by atoms with van der Waals surface area (Å²) in [6.45, 7) is 0.901. The molecule has 0 spiro atoms. The maximum Gasteiger partial charge on any atom is 0.158 e. The molecule has 0 aliphatic heterocycles. The van der Waals surface area contributed by atoms with Crippen LogP contribution in [0.3, 0.4) is 0 Å². The third-order valence-electron chi connectivity index (χ3n) is 3.39. The second-order valence-corrected chi connectivity index (χ2v) is 5.98. The van der Waals surface area contributed by atoms with Crippen molar-refractivity contribution in [2.24, 2.45) is 5.92 Å². The molecule has 0 unspecified atom stereocenters. The first-order chi connectivity index (χ1) is 10.4. The Morgan fingerprint density at radius 2 is 2.10 bits per heavy atom. The van der Waals surface area contributed by atoms with Gasteiger partial charge in [0.25, 0.3) is 0 Å². The number of hydrogen-bond donors (Lipinski definition) is 1. The zero-order valence-corrected chi connectivity index (χ0v) is 12.4. The van der Waals surface area contributed by atoms with E-state index >= 15 is 0 Å². The van der Waals surface area contributed by atoms with Gasteiger partial charge in [0.1, 0.15) is 5.69 Å². The maximum absolute atomic E-state index is 9.64. The Hall–Kier alpha value is -1.98. The molecule has 3 aromatic rings. The fourth-order valence-electron chi connectivity index (χ4n) is 2.36. The van der Waals surface area contributed by atoms with Gasteiger partial charge in [-0.3, -0.25) is 4.98 Å². The number of thiophene rings is 1. The number of pyridine rings is 1. The van der Waals surface area contributed by atoms with E-state index in [4.69, 9.17) is 0 Å². The topological polar surface area (TPSA) is 50.9 Å². The quantitative estimate of drug-likeness (QED) is 0.761. The molecule has 108 valence electrons. The van der Waals surface area contributed by atoms with E-state index in [2.05, 4.69) is 26.0 Å². The molecule has 4 nitrogen and oxygen atoms in total. The maximum atomic E-state index is 9.64. The molecular formula is C16H17N3OS. The van der Waals surface area contributed by atoms with Gasteiger partial charge in [-0.25, -0.2) is 4.98 Å². The van der Waals surface area contributed by atoms with E-state index in [1.54, 1.807) is 23.7 Å². The van der Waals surface area contributed by atoms with Crippen LogP contribution in [0.1, 0.15) is 4.88 Å². The summed E-state index contributed by atoms with van der Waals surface area (Å²) in [5.41, 5.74) is 0.857. The Morgan fingerprint density at radius 1 is 1.14 bits per heavy atom. The van der Waals surface area contributed by atoms with Crippen LogP contribution in [0.25, 0.3) is 11.5 Å². The lowest BCUT2D eigenvalue weighted by Crippen LogP contribution is -2.17. The molecule has 0 fully saturated rings. The average Bonchev–Trinajstić information content (AvgIpc) is 3.19. The van der Waals surface area contributed by atoms with Gasteiger partial charge in [-0.1, -0.05) is 12.1 Å². The van der Waals surface area contributed by atoms with Gasteiger partial charge in [0.2, 0.25) is 0 Å². The normalized spacial score (nSPS) is 12.4. The second kappa shape index (κ2) is 6.65. The molecule has 0 radical (unpaired) electrons. The number of aliphatic hydroxyl groups is 1. The summed E-state index contributed by atoms with van der Waals surface area (Å²) in [5.74, 6) is 1.03. The number of aliphatic hydroxyl groups excluding tert-OH is 1. The molecule has 0 aromatic carbocycles. The number of aromatic nitrogens is 3. The predicted octanol–water partition coefficient (Wildman–Crippen LogP) is 2.86. The first-order valence-corrected chi connectivity index (χ1v) is 7.80. The summed E-state index contributed by atoms with van der Waals surface area (Å²) in [7, 11) is 0. The number of rotatable bonds is 6. The van der Waals surface area contributed by atoms with Crippen molar-refractivity contribution in [2.45, 2.75) is 13.0 Å². The summed E-state index contributed by atoms with van der Waals surface area (Å²) in [6.07, 6.45) is 6.38. The van der Waals surface area contributed by atoms with Crippen molar-refractivity contribution in [3.05, 3.63) is 59.2 Å². The van der Waals surface area contributed by atoms with Gasteiger partial charge >= 0.3 is 0 Å². The van der Waals surface area contributed by atoms with E-state index in [0.29, 0.717) is 0 Å². The van der Waals surface area contributed by atoms with Gasteiger partial charge < -0.3 is 9.67 Å². The van der Waals surface area contributed by atoms with E-state index in [0.717, 1.165) is 24.5 Å². The highest BCUT2D eigenvalue weighted by atomic mass is 32.1. The van der Waals surface area contributed by atoms with E-state index < -0.39 is 0 Å². The van der Waals surface area contributed by atoms with Crippen molar-refractivity contribution >= 4 is 11.3 Å². The van der Waals surface area contributed by atoms with Crippen molar-refractivity contribution in [1.29, 1.82) is 0 Å². The predicted molar refractivity (Wildman–Crippen MR) is 84.1 cm³/mol. The number of hydrogen-bond acceptors (Lipinski definition) is 4. The molecule has 1 atom stereocenters. The molecule has 0 bridgehead atoms. The molecule has 3 heterocycles. The van der Waals surface area contributed by atoms with Crippen LogP contribution >= 0.6 is 11.3 Å². The largest absolute Gasteiger partial charge is 0.396 e. The highest BCUT2D eigenvalue weighted by Crippen LogP contribution is 2.19. The van der Waals surface area contributed by atoms with Crippen molar-refractivity contribution in [2.75, 3.05) is 6.61 Å². The van der Waals surface area contributed by atoms with Gasteiger partial charge in [-0.15, -0.1) is 11.3 Å². The van der Waals surface area contributed by atoms with Crippen LogP contribution in [0.15, 0.2) is 54.3 Å². The Balaban J connectivity index is 1.77. The molecule has 21 heavy (non-hydrogen) atoms. The van der Waals surface area contributed by atoms with Crippen molar-refractivity contribution < 1.29 is 5.11 Å². The molecule has 0 aliphatic rings. The van der Waals surface area contributed by atoms with Gasteiger partial charge in [-0.2, -0.15) is 0 Å². The second-order valence-electron chi connectivity index (χ2n) is 4.95. The van der Waals surface area contributed by atoms with Gasteiger partial charge in [-0.05, 0) is 30.0 Å². The smallest absolute Gasteiger partial charge is 0.158 e. The number of nitrogens with zero attached hydrogens (tertiary/aromatic N) is 3. The van der Waals surface area contributed by atoms with Crippen LogP contribution in [-0.2, 0) is 13.0 Å². The molecule has 0 saturated carbocycles. The average molecular weight is 299 g/mol. The Labute approximate surface area is 127 Å². The summed E-state index contributed by atoms with van der Waals surface area (Å²) in [5, 5.41) is 11.7. The summed E-state index contributed by atoms with van der Waals surface area (Å²) in [4.78, 5) is 10.0. The summed E-state index contributed by atoms with van der Waals surface area (Å²) in [6, 6.07) is 9.96. The van der Waals surface area contributed by atoms with E-state index in [1.165, 1.54) is 4.88 Å². The van der Waals surface area contributed by atoms with Gasteiger partial charge in [0, 0.05) is 42.5 Å². The van der Waals surface area contributed by atoms with Crippen molar-refractivity contribution in [3.8, 4) is 11.5 Å². The molecule has 3 rings (SSSR count). The molecular weight excluding hydrogens is 282 g/mol. The molecule has 3 aromatic heterocycles. The SMILES string of the molecule is OC[C@@H](Cc1cccs1)Cn1ccnc1-c1ccccn1. The molecule has 0 aliphatic carbocycles. The minimum Gasteiger partial charge on any atom is -0.396 e. The van der Waals surface area contributed by atoms with E-state index in [-0.39, 0.29) is 12.5 Å². The fourth-order valence-corrected chi connectivity index (χ4v) is 3.18. The highest BCUT2D eigenvalue weighted by molar-refractivity contribution is 7.09.